The van der Waals surface area contributed by atoms with Crippen molar-refractivity contribution >= 4 is 16.9 Å². The lowest BCUT2D eigenvalue weighted by Gasteiger charge is -2.35. The smallest absolute Gasteiger partial charge is 0.317 e. The fourth-order valence-corrected chi connectivity index (χ4v) is 4.62. The topological polar surface area (TPSA) is 84.6 Å². The predicted octanol–water partition coefficient (Wildman–Crippen LogP) is 2.83. The van der Waals surface area contributed by atoms with Crippen LogP contribution in [0.5, 0.6) is 0 Å². The van der Waals surface area contributed by atoms with Crippen LogP contribution >= 0.6 is 0 Å². The molecule has 1 aliphatic heterocycles. The molecular formula is C26H34N6O2. The zero-order valence-corrected chi connectivity index (χ0v) is 20.0. The van der Waals surface area contributed by atoms with E-state index in [9.17, 15) is 9.59 Å². The Labute approximate surface area is 200 Å². The van der Waals surface area contributed by atoms with Gasteiger partial charge in [0.15, 0.2) is 0 Å². The van der Waals surface area contributed by atoms with Gasteiger partial charge in [-0.25, -0.2) is 9.78 Å². The van der Waals surface area contributed by atoms with Gasteiger partial charge in [-0.15, -0.1) is 0 Å². The van der Waals surface area contributed by atoms with E-state index in [1.54, 1.807) is 6.07 Å². The van der Waals surface area contributed by atoms with Crippen molar-refractivity contribution in [2.75, 3.05) is 45.8 Å². The number of fused-ring (bicyclic) bond motifs is 1. The van der Waals surface area contributed by atoms with Crippen molar-refractivity contribution in [3.63, 3.8) is 0 Å². The number of aromatic nitrogens is 2. The number of hydrogen-bond acceptors (Lipinski definition) is 5. The average Bonchev–Trinajstić information content (AvgIpc) is 2.87. The van der Waals surface area contributed by atoms with Gasteiger partial charge in [0.2, 0.25) is 0 Å². The van der Waals surface area contributed by atoms with Crippen molar-refractivity contribution < 1.29 is 4.79 Å². The van der Waals surface area contributed by atoms with Crippen LogP contribution in [-0.4, -0.2) is 76.5 Å². The minimum absolute atomic E-state index is 0.0232. The summed E-state index contributed by atoms with van der Waals surface area (Å²) in [5, 5.41) is 3.76. The number of benzene rings is 2. The molecule has 1 aliphatic rings. The first-order valence-electron chi connectivity index (χ1n) is 12.1. The Balaban J connectivity index is 1.31. The van der Waals surface area contributed by atoms with E-state index in [-0.39, 0.29) is 17.6 Å². The second kappa shape index (κ2) is 11.3. The van der Waals surface area contributed by atoms with Crippen molar-refractivity contribution in [2.24, 2.45) is 0 Å². The fraction of sp³-hybridized carbons (Fsp3) is 0.423. The summed E-state index contributed by atoms with van der Waals surface area (Å²) in [6.45, 7) is 10.1. The number of aromatic amines is 1. The number of H-pyrrole nitrogens is 1. The summed E-state index contributed by atoms with van der Waals surface area (Å²) in [4.78, 5) is 39.2. The average molecular weight is 463 g/mol. The molecule has 3 aromatic rings. The Hall–Kier alpha value is -3.23. The van der Waals surface area contributed by atoms with Crippen LogP contribution in [0.3, 0.4) is 0 Å². The third kappa shape index (κ3) is 5.63. The van der Waals surface area contributed by atoms with E-state index >= 15 is 0 Å². The molecule has 34 heavy (non-hydrogen) atoms. The summed E-state index contributed by atoms with van der Waals surface area (Å²) in [7, 11) is 0. The molecule has 2 amide bonds. The number of carbonyl (C=O) groups excluding carboxylic acids is 1. The summed E-state index contributed by atoms with van der Waals surface area (Å²) in [6, 6.07) is 17.9. The molecule has 8 heteroatoms. The van der Waals surface area contributed by atoms with Gasteiger partial charge in [0.05, 0.1) is 23.5 Å². The Bertz CT molecular complexity index is 1140. The molecule has 0 bridgehead atoms. The van der Waals surface area contributed by atoms with Gasteiger partial charge in [0, 0.05) is 32.7 Å². The molecule has 0 aliphatic carbocycles. The lowest BCUT2D eigenvalue weighted by atomic mass is 10.1. The third-order valence-electron chi connectivity index (χ3n) is 6.58. The predicted molar refractivity (Wildman–Crippen MR) is 135 cm³/mol. The molecule has 8 nitrogen and oxygen atoms in total. The highest BCUT2D eigenvalue weighted by Gasteiger charge is 2.24. The largest absolute Gasteiger partial charge is 0.336 e. The highest BCUT2D eigenvalue weighted by Crippen LogP contribution is 2.19. The number of carbonyl (C=O) groups is 1. The van der Waals surface area contributed by atoms with Crippen LogP contribution in [0.4, 0.5) is 4.79 Å². The van der Waals surface area contributed by atoms with Crippen molar-refractivity contribution in [2.45, 2.75) is 26.4 Å². The molecule has 1 fully saturated rings. The summed E-state index contributed by atoms with van der Waals surface area (Å²) in [6.07, 6.45) is 0. The number of piperazine rings is 1. The SMILES string of the molecule is CCN(CC)C(CNC(=O)N1CCN(Cc2nc3ccccc3c(=O)[nH]2)CC1)c1ccccc1. The summed E-state index contributed by atoms with van der Waals surface area (Å²) in [5.41, 5.74) is 1.81. The molecule has 180 valence electrons. The lowest BCUT2D eigenvalue weighted by molar-refractivity contribution is 0.130. The van der Waals surface area contributed by atoms with Crippen LogP contribution in [-0.2, 0) is 6.54 Å². The standard InChI is InChI=1S/C26H34N6O2/c1-3-31(4-2)23(20-10-6-5-7-11-20)18-27-26(34)32-16-14-30(15-17-32)19-24-28-22-13-9-8-12-21(22)25(33)29-24/h5-13,23H,3-4,14-19H2,1-2H3,(H,27,34)(H,28,29,33). The highest BCUT2D eigenvalue weighted by atomic mass is 16.2. The van der Waals surface area contributed by atoms with E-state index in [1.165, 1.54) is 5.56 Å². The second-order valence-corrected chi connectivity index (χ2v) is 8.63. The van der Waals surface area contributed by atoms with Gasteiger partial charge >= 0.3 is 6.03 Å². The molecule has 2 N–H and O–H groups in total. The molecular weight excluding hydrogens is 428 g/mol. The van der Waals surface area contributed by atoms with Gasteiger partial charge in [0.1, 0.15) is 5.82 Å². The zero-order chi connectivity index (χ0) is 23.9. The Kier molecular flexibility index (Phi) is 7.92. The van der Waals surface area contributed by atoms with E-state index in [1.807, 2.05) is 41.3 Å². The monoisotopic (exact) mass is 462 g/mol. The third-order valence-corrected chi connectivity index (χ3v) is 6.58. The maximum Gasteiger partial charge on any atom is 0.317 e. The number of urea groups is 1. The first-order valence-corrected chi connectivity index (χ1v) is 12.1. The fourth-order valence-electron chi connectivity index (χ4n) is 4.62. The lowest BCUT2D eigenvalue weighted by Crippen LogP contribution is -2.52. The van der Waals surface area contributed by atoms with Gasteiger partial charge in [0.25, 0.3) is 5.56 Å². The van der Waals surface area contributed by atoms with E-state index in [0.29, 0.717) is 42.9 Å². The normalized spacial score (nSPS) is 15.6. The zero-order valence-electron chi connectivity index (χ0n) is 20.0. The van der Waals surface area contributed by atoms with Crippen molar-refractivity contribution in [3.8, 4) is 0 Å². The number of para-hydroxylation sites is 1. The molecule has 1 saturated heterocycles. The van der Waals surface area contributed by atoms with Crippen molar-refractivity contribution in [3.05, 3.63) is 76.3 Å². The van der Waals surface area contributed by atoms with Gasteiger partial charge < -0.3 is 15.2 Å². The first kappa shape index (κ1) is 23.9. The second-order valence-electron chi connectivity index (χ2n) is 8.63. The molecule has 4 rings (SSSR count). The van der Waals surface area contributed by atoms with Gasteiger partial charge in [-0.05, 0) is 30.8 Å². The van der Waals surface area contributed by atoms with Crippen molar-refractivity contribution in [1.29, 1.82) is 0 Å². The van der Waals surface area contributed by atoms with Gasteiger partial charge in [-0.2, -0.15) is 0 Å². The van der Waals surface area contributed by atoms with Gasteiger partial charge in [-0.1, -0.05) is 56.3 Å². The number of nitrogens with zero attached hydrogens (tertiary/aromatic N) is 4. The van der Waals surface area contributed by atoms with E-state index < -0.39 is 0 Å². The molecule has 1 aromatic heterocycles. The molecule has 2 heterocycles. The molecule has 1 atom stereocenters. The number of hydrogen-bond donors (Lipinski definition) is 2. The maximum atomic E-state index is 12.9. The number of likely N-dealkylation sites (N-methyl/N-ethyl adjacent to an activating group) is 1. The summed E-state index contributed by atoms with van der Waals surface area (Å²) >= 11 is 0. The highest BCUT2D eigenvalue weighted by molar-refractivity contribution is 5.77. The van der Waals surface area contributed by atoms with Crippen LogP contribution in [0.15, 0.2) is 59.4 Å². The van der Waals surface area contributed by atoms with Crippen LogP contribution in [0.1, 0.15) is 31.3 Å². The van der Waals surface area contributed by atoms with Crippen LogP contribution in [0, 0.1) is 0 Å². The summed E-state index contributed by atoms with van der Waals surface area (Å²) < 4.78 is 0. The van der Waals surface area contributed by atoms with E-state index in [4.69, 9.17) is 0 Å². The van der Waals surface area contributed by atoms with Crippen LogP contribution in [0.2, 0.25) is 0 Å². The molecule has 0 radical (unpaired) electrons. The van der Waals surface area contributed by atoms with Gasteiger partial charge in [-0.3, -0.25) is 14.6 Å². The molecule has 0 saturated carbocycles. The minimum atomic E-state index is -0.111. The van der Waals surface area contributed by atoms with Crippen LogP contribution in [0.25, 0.3) is 10.9 Å². The summed E-state index contributed by atoms with van der Waals surface area (Å²) in [5.74, 6) is 0.659. The first-order chi connectivity index (χ1) is 16.6. The quantitative estimate of drug-likeness (QED) is 0.538. The Morgan fingerprint density at radius 2 is 1.71 bits per heavy atom. The Morgan fingerprint density at radius 1 is 1.03 bits per heavy atom. The Morgan fingerprint density at radius 3 is 2.41 bits per heavy atom. The minimum Gasteiger partial charge on any atom is -0.336 e. The number of nitrogens with one attached hydrogen (secondary N) is 2. The molecule has 2 aromatic carbocycles. The number of rotatable bonds is 8. The van der Waals surface area contributed by atoms with Crippen molar-refractivity contribution in [1.82, 2.24) is 30.0 Å². The molecule has 0 spiro atoms. The van der Waals surface area contributed by atoms with E-state index in [0.717, 1.165) is 26.2 Å². The maximum absolute atomic E-state index is 12.9. The number of amides is 2. The van der Waals surface area contributed by atoms with E-state index in [2.05, 4.69) is 51.1 Å². The van der Waals surface area contributed by atoms with Crippen LogP contribution < -0.4 is 10.9 Å². The molecule has 1 unspecified atom stereocenters.